The lowest BCUT2D eigenvalue weighted by Gasteiger charge is -2.16. The molecule has 0 aliphatic carbocycles. The van der Waals surface area contributed by atoms with E-state index < -0.39 is 24.4 Å². The van der Waals surface area contributed by atoms with Crippen LogP contribution in [0.1, 0.15) is 17.5 Å². The second kappa shape index (κ2) is 8.97. The first-order chi connectivity index (χ1) is 13.7. The van der Waals surface area contributed by atoms with Gasteiger partial charge in [0.15, 0.2) is 6.61 Å². The smallest absolute Gasteiger partial charge is 0.311 e. The van der Waals surface area contributed by atoms with E-state index in [1.807, 2.05) is 38.1 Å². The summed E-state index contributed by atoms with van der Waals surface area (Å²) in [6.07, 6.45) is 0.0652. The number of nitrogens with zero attached hydrogens (tertiary/aromatic N) is 1. The fourth-order valence-electron chi connectivity index (χ4n) is 3.06. The Morgan fingerprint density at radius 3 is 2.62 bits per heavy atom. The molecule has 8 heteroatoms. The molecule has 29 heavy (non-hydrogen) atoms. The zero-order valence-electron chi connectivity index (χ0n) is 16.0. The summed E-state index contributed by atoms with van der Waals surface area (Å²) in [5.41, 5.74) is 3.19. The van der Waals surface area contributed by atoms with E-state index in [0.717, 1.165) is 21.3 Å². The van der Waals surface area contributed by atoms with Gasteiger partial charge in [0.2, 0.25) is 5.91 Å². The quantitative estimate of drug-likeness (QED) is 0.651. The van der Waals surface area contributed by atoms with E-state index in [4.69, 9.17) is 16.3 Å². The van der Waals surface area contributed by atoms with Gasteiger partial charge in [-0.25, -0.2) is 0 Å². The van der Waals surface area contributed by atoms with Crippen molar-refractivity contribution in [3.63, 3.8) is 0 Å². The Balaban J connectivity index is 1.54. The molecule has 1 N–H and O–H groups in total. The van der Waals surface area contributed by atoms with Crippen molar-refractivity contribution >= 4 is 56.7 Å². The lowest BCUT2D eigenvalue weighted by atomic mass is 10.1. The minimum Gasteiger partial charge on any atom is -0.455 e. The van der Waals surface area contributed by atoms with E-state index in [2.05, 4.69) is 21.2 Å². The fourth-order valence-corrected chi connectivity index (χ4v) is 3.68. The van der Waals surface area contributed by atoms with Crippen molar-refractivity contribution in [2.75, 3.05) is 23.4 Å². The van der Waals surface area contributed by atoms with Gasteiger partial charge in [0.1, 0.15) is 0 Å². The van der Waals surface area contributed by atoms with E-state index in [9.17, 15) is 14.4 Å². The molecular weight excluding hydrogens is 460 g/mol. The lowest BCUT2D eigenvalue weighted by Crippen LogP contribution is -2.28. The van der Waals surface area contributed by atoms with Crippen molar-refractivity contribution in [1.29, 1.82) is 0 Å². The molecule has 152 valence electrons. The molecule has 6 nitrogen and oxygen atoms in total. The van der Waals surface area contributed by atoms with Gasteiger partial charge in [-0.3, -0.25) is 14.4 Å². The van der Waals surface area contributed by atoms with Crippen LogP contribution in [-0.2, 0) is 19.1 Å². The number of nitrogens with one attached hydrogen (secondary N) is 1. The van der Waals surface area contributed by atoms with Crippen LogP contribution in [0, 0.1) is 19.8 Å². The molecule has 1 saturated heterocycles. The van der Waals surface area contributed by atoms with Crippen LogP contribution in [0.3, 0.4) is 0 Å². The molecule has 1 fully saturated rings. The number of carbonyl (C=O) groups is 3. The maximum atomic E-state index is 12.3. The monoisotopic (exact) mass is 478 g/mol. The molecule has 2 amide bonds. The summed E-state index contributed by atoms with van der Waals surface area (Å²) in [6, 6.07) is 10.9. The predicted molar refractivity (Wildman–Crippen MR) is 115 cm³/mol. The molecule has 1 aliphatic rings. The summed E-state index contributed by atoms with van der Waals surface area (Å²) in [5.74, 6) is -1.77. The Labute approximate surface area is 182 Å². The number of hydrogen-bond acceptors (Lipinski definition) is 4. The zero-order chi connectivity index (χ0) is 21.1. The Hall–Kier alpha value is -2.38. The Morgan fingerprint density at radius 1 is 1.24 bits per heavy atom. The summed E-state index contributed by atoms with van der Waals surface area (Å²) in [7, 11) is 0. The molecule has 3 rings (SSSR count). The Bertz CT molecular complexity index is 962. The van der Waals surface area contributed by atoms with Gasteiger partial charge in [-0.2, -0.15) is 0 Å². The minimum atomic E-state index is -0.597. The van der Waals surface area contributed by atoms with Crippen LogP contribution >= 0.6 is 27.5 Å². The molecule has 0 aromatic heterocycles. The van der Waals surface area contributed by atoms with Crippen molar-refractivity contribution in [3.8, 4) is 0 Å². The third-order valence-corrected chi connectivity index (χ3v) is 5.89. The molecule has 2 aromatic carbocycles. The van der Waals surface area contributed by atoms with Gasteiger partial charge in [-0.05, 0) is 59.6 Å². The van der Waals surface area contributed by atoms with E-state index in [-0.39, 0.29) is 18.9 Å². The minimum absolute atomic E-state index is 0.0652. The van der Waals surface area contributed by atoms with E-state index in [0.29, 0.717) is 10.7 Å². The number of benzene rings is 2. The number of carbonyl (C=O) groups excluding carboxylic acids is 3. The van der Waals surface area contributed by atoms with Crippen LogP contribution in [-0.4, -0.2) is 30.9 Å². The molecule has 1 aliphatic heterocycles. The van der Waals surface area contributed by atoms with Gasteiger partial charge in [-0.15, -0.1) is 0 Å². The first kappa shape index (κ1) is 21.3. The van der Waals surface area contributed by atoms with Crippen molar-refractivity contribution < 1.29 is 19.1 Å². The summed E-state index contributed by atoms with van der Waals surface area (Å²) >= 11 is 9.37. The van der Waals surface area contributed by atoms with Gasteiger partial charge in [-0.1, -0.05) is 29.3 Å². The van der Waals surface area contributed by atoms with Crippen LogP contribution in [0.15, 0.2) is 40.9 Å². The Kier molecular flexibility index (Phi) is 6.59. The number of anilines is 2. The van der Waals surface area contributed by atoms with Gasteiger partial charge < -0.3 is 15.0 Å². The van der Waals surface area contributed by atoms with Crippen molar-refractivity contribution in [2.24, 2.45) is 5.92 Å². The maximum absolute atomic E-state index is 12.3. The highest BCUT2D eigenvalue weighted by atomic mass is 79.9. The number of hydrogen-bond donors (Lipinski definition) is 1. The van der Waals surface area contributed by atoms with Gasteiger partial charge >= 0.3 is 5.97 Å². The molecule has 1 atom stereocenters. The number of halogens is 2. The molecule has 0 bridgehead atoms. The summed E-state index contributed by atoms with van der Waals surface area (Å²) < 4.78 is 5.86. The number of rotatable bonds is 5. The first-order valence-electron chi connectivity index (χ1n) is 9.03. The predicted octanol–water partition coefficient (Wildman–Crippen LogP) is 4.25. The van der Waals surface area contributed by atoms with Crippen LogP contribution in [0.5, 0.6) is 0 Å². The SMILES string of the molecule is Cc1ccc(N2C[C@H](C(=O)OCC(=O)Nc3cc(Cl)c(Br)cc3C)CC2=O)cc1. The molecule has 0 unspecified atom stereocenters. The topological polar surface area (TPSA) is 75.7 Å². The Morgan fingerprint density at radius 2 is 1.93 bits per heavy atom. The zero-order valence-corrected chi connectivity index (χ0v) is 18.3. The van der Waals surface area contributed by atoms with Crippen LogP contribution in [0.25, 0.3) is 0 Å². The van der Waals surface area contributed by atoms with E-state index >= 15 is 0 Å². The number of amides is 2. The van der Waals surface area contributed by atoms with E-state index in [1.165, 1.54) is 0 Å². The highest BCUT2D eigenvalue weighted by molar-refractivity contribution is 9.10. The molecule has 0 saturated carbocycles. The highest BCUT2D eigenvalue weighted by Crippen LogP contribution is 2.29. The van der Waals surface area contributed by atoms with Crippen LogP contribution in [0.4, 0.5) is 11.4 Å². The molecular formula is C21H20BrClN2O4. The third-order valence-electron chi connectivity index (χ3n) is 4.69. The highest BCUT2D eigenvalue weighted by Gasteiger charge is 2.36. The molecule has 0 spiro atoms. The average Bonchev–Trinajstić information content (AvgIpc) is 3.06. The van der Waals surface area contributed by atoms with Crippen molar-refractivity contribution in [1.82, 2.24) is 0 Å². The molecule has 1 heterocycles. The second-order valence-electron chi connectivity index (χ2n) is 6.98. The van der Waals surface area contributed by atoms with E-state index in [1.54, 1.807) is 17.0 Å². The largest absolute Gasteiger partial charge is 0.455 e. The number of esters is 1. The van der Waals surface area contributed by atoms with Crippen LogP contribution in [0.2, 0.25) is 5.02 Å². The van der Waals surface area contributed by atoms with Crippen molar-refractivity contribution in [2.45, 2.75) is 20.3 Å². The summed E-state index contributed by atoms with van der Waals surface area (Å²) in [6.45, 7) is 3.60. The number of aryl methyl sites for hydroxylation is 2. The van der Waals surface area contributed by atoms with Crippen LogP contribution < -0.4 is 10.2 Å². The maximum Gasteiger partial charge on any atom is 0.311 e. The third kappa shape index (κ3) is 5.16. The standard InChI is InChI=1S/C21H20BrClN2O4/c1-12-3-5-15(6-4-12)25-10-14(8-20(25)27)21(28)29-11-19(26)24-18-9-17(23)16(22)7-13(18)2/h3-7,9,14H,8,10-11H2,1-2H3,(H,24,26)/t14-/m1/s1. The van der Waals surface area contributed by atoms with Gasteiger partial charge in [0, 0.05) is 28.8 Å². The molecule has 2 aromatic rings. The normalized spacial score (nSPS) is 16.1. The average molecular weight is 480 g/mol. The lowest BCUT2D eigenvalue weighted by molar-refractivity contribution is -0.151. The summed E-state index contributed by atoms with van der Waals surface area (Å²) in [4.78, 5) is 38.3. The number of ether oxygens (including phenoxy) is 1. The van der Waals surface area contributed by atoms with Gasteiger partial charge in [0.05, 0.1) is 10.9 Å². The fraction of sp³-hybridized carbons (Fsp3) is 0.286. The first-order valence-corrected chi connectivity index (χ1v) is 10.2. The van der Waals surface area contributed by atoms with Crippen molar-refractivity contribution in [3.05, 3.63) is 57.0 Å². The van der Waals surface area contributed by atoms with Gasteiger partial charge in [0.25, 0.3) is 5.91 Å². The summed E-state index contributed by atoms with van der Waals surface area (Å²) in [5, 5.41) is 3.14. The molecule has 0 radical (unpaired) electrons. The second-order valence-corrected chi connectivity index (χ2v) is 8.24.